The van der Waals surface area contributed by atoms with Gasteiger partial charge in [-0.2, -0.15) is 5.26 Å². The molecule has 14 heavy (non-hydrogen) atoms. The fourth-order valence-corrected chi connectivity index (χ4v) is 1.25. The maximum atomic E-state index is 13.2. The SMILES string of the molecule is CCC(C#N)Nc1c(F)cccc1Cl. The second kappa shape index (κ2) is 4.83. The van der Waals surface area contributed by atoms with Crippen molar-refractivity contribution in [3.63, 3.8) is 0 Å². The van der Waals surface area contributed by atoms with Crippen molar-refractivity contribution < 1.29 is 4.39 Å². The van der Waals surface area contributed by atoms with Gasteiger partial charge in [-0.1, -0.05) is 24.6 Å². The molecule has 0 aliphatic carbocycles. The van der Waals surface area contributed by atoms with Crippen molar-refractivity contribution in [2.45, 2.75) is 19.4 Å². The Bertz CT molecular complexity index is 339. The molecule has 1 aromatic rings. The van der Waals surface area contributed by atoms with Crippen LogP contribution in [0.25, 0.3) is 0 Å². The van der Waals surface area contributed by atoms with Gasteiger partial charge in [0.2, 0.25) is 0 Å². The topological polar surface area (TPSA) is 35.8 Å². The minimum atomic E-state index is -0.439. The van der Waals surface area contributed by atoms with E-state index in [0.717, 1.165) is 0 Å². The first kappa shape index (κ1) is 10.8. The van der Waals surface area contributed by atoms with Crippen molar-refractivity contribution in [2.24, 2.45) is 0 Å². The third-order valence-electron chi connectivity index (χ3n) is 1.85. The van der Waals surface area contributed by atoms with Gasteiger partial charge in [0, 0.05) is 0 Å². The average Bonchev–Trinajstić information content (AvgIpc) is 2.18. The normalized spacial score (nSPS) is 11.9. The standard InChI is InChI=1S/C10H10ClFN2/c1-2-7(6-13)14-10-8(11)4-3-5-9(10)12/h3-5,7,14H,2H2,1H3. The van der Waals surface area contributed by atoms with Gasteiger partial charge < -0.3 is 5.32 Å². The maximum absolute atomic E-state index is 13.2. The number of hydrogen-bond acceptors (Lipinski definition) is 2. The molecule has 1 atom stereocenters. The number of nitrogens with one attached hydrogen (secondary N) is 1. The van der Waals surface area contributed by atoms with Crippen LogP contribution < -0.4 is 5.32 Å². The molecule has 0 bridgehead atoms. The monoisotopic (exact) mass is 212 g/mol. The molecular weight excluding hydrogens is 203 g/mol. The first-order valence-corrected chi connectivity index (χ1v) is 4.67. The van der Waals surface area contributed by atoms with Gasteiger partial charge in [-0.25, -0.2) is 4.39 Å². The van der Waals surface area contributed by atoms with Crippen LogP contribution in [0, 0.1) is 17.1 Å². The van der Waals surface area contributed by atoms with Crippen LogP contribution in [0.5, 0.6) is 0 Å². The smallest absolute Gasteiger partial charge is 0.147 e. The highest BCUT2D eigenvalue weighted by molar-refractivity contribution is 6.33. The second-order valence-corrected chi connectivity index (χ2v) is 3.24. The molecule has 1 unspecified atom stereocenters. The van der Waals surface area contributed by atoms with Crippen LogP contribution in [-0.4, -0.2) is 6.04 Å². The summed E-state index contributed by atoms with van der Waals surface area (Å²) in [7, 11) is 0. The van der Waals surface area contributed by atoms with Crippen LogP contribution in [0.3, 0.4) is 0 Å². The zero-order valence-electron chi connectivity index (χ0n) is 7.72. The van der Waals surface area contributed by atoms with Crippen LogP contribution in [0.15, 0.2) is 18.2 Å². The third-order valence-corrected chi connectivity index (χ3v) is 2.16. The summed E-state index contributed by atoms with van der Waals surface area (Å²) < 4.78 is 13.2. The molecule has 1 N–H and O–H groups in total. The lowest BCUT2D eigenvalue weighted by Gasteiger charge is -2.12. The first-order chi connectivity index (χ1) is 6.69. The van der Waals surface area contributed by atoms with E-state index in [1.165, 1.54) is 12.1 Å². The van der Waals surface area contributed by atoms with Gasteiger partial charge in [0.15, 0.2) is 0 Å². The van der Waals surface area contributed by atoms with Crippen LogP contribution in [0.1, 0.15) is 13.3 Å². The lowest BCUT2D eigenvalue weighted by molar-refractivity contribution is 0.628. The van der Waals surface area contributed by atoms with E-state index in [9.17, 15) is 4.39 Å². The zero-order chi connectivity index (χ0) is 10.6. The van der Waals surface area contributed by atoms with Crippen LogP contribution in [-0.2, 0) is 0 Å². The minimum absolute atomic E-state index is 0.197. The molecule has 1 rings (SSSR count). The summed E-state index contributed by atoms with van der Waals surface area (Å²) in [6, 6.07) is 6.01. The van der Waals surface area contributed by atoms with E-state index in [1.54, 1.807) is 6.07 Å². The lowest BCUT2D eigenvalue weighted by Crippen LogP contribution is -2.16. The highest BCUT2D eigenvalue weighted by Gasteiger charge is 2.10. The summed E-state index contributed by atoms with van der Waals surface area (Å²) in [5.74, 6) is -0.439. The van der Waals surface area contributed by atoms with Gasteiger partial charge in [0.25, 0.3) is 0 Å². The predicted molar refractivity (Wildman–Crippen MR) is 54.7 cm³/mol. The quantitative estimate of drug-likeness (QED) is 0.835. The fourth-order valence-electron chi connectivity index (χ4n) is 1.04. The van der Waals surface area contributed by atoms with Gasteiger partial charge in [0.05, 0.1) is 16.8 Å². The molecular formula is C10H10ClFN2. The summed E-state index contributed by atoms with van der Waals surface area (Å²) in [5.41, 5.74) is 0.197. The van der Waals surface area contributed by atoms with Gasteiger partial charge in [-0.15, -0.1) is 0 Å². The molecule has 0 heterocycles. The average molecular weight is 213 g/mol. The molecule has 0 spiro atoms. The first-order valence-electron chi connectivity index (χ1n) is 4.29. The molecule has 0 aromatic heterocycles. The number of benzene rings is 1. The van der Waals surface area contributed by atoms with E-state index in [2.05, 4.69) is 5.32 Å². The van der Waals surface area contributed by atoms with E-state index in [4.69, 9.17) is 16.9 Å². The number of para-hydroxylation sites is 1. The molecule has 0 aliphatic heterocycles. The Labute approximate surface area is 87.3 Å². The summed E-state index contributed by atoms with van der Waals surface area (Å²) >= 11 is 5.78. The number of anilines is 1. The molecule has 1 aromatic carbocycles. The van der Waals surface area contributed by atoms with Gasteiger partial charge >= 0.3 is 0 Å². The number of hydrogen-bond donors (Lipinski definition) is 1. The molecule has 0 aliphatic rings. The van der Waals surface area contributed by atoms with E-state index < -0.39 is 11.9 Å². The summed E-state index contributed by atoms with van der Waals surface area (Å²) in [4.78, 5) is 0. The highest BCUT2D eigenvalue weighted by Crippen LogP contribution is 2.25. The Balaban J connectivity index is 2.91. The van der Waals surface area contributed by atoms with Crippen molar-refractivity contribution in [1.82, 2.24) is 0 Å². The number of halogens is 2. The Morgan fingerprint density at radius 2 is 2.36 bits per heavy atom. The van der Waals surface area contributed by atoms with Crippen molar-refractivity contribution in [3.05, 3.63) is 29.0 Å². The number of nitriles is 1. The molecule has 4 heteroatoms. The predicted octanol–water partition coefficient (Wildman–Crippen LogP) is 3.19. The van der Waals surface area contributed by atoms with E-state index >= 15 is 0 Å². The van der Waals surface area contributed by atoms with E-state index in [0.29, 0.717) is 11.4 Å². The van der Waals surface area contributed by atoms with E-state index in [1.807, 2.05) is 13.0 Å². The number of nitrogens with zero attached hydrogens (tertiary/aromatic N) is 1. The molecule has 0 saturated heterocycles. The molecule has 0 radical (unpaired) electrons. The lowest BCUT2D eigenvalue weighted by atomic mass is 10.2. The van der Waals surface area contributed by atoms with Crippen molar-refractivity contribution in [3.8, 4) is 6.07 Å². The Hall–Kier alpha value is -1.27. The summed E-state index contributed by atoms with van der Waals surface area (Å²) in [6.45, 7) is 1.84. The van der Waals surface area contributed by atoms with Crippen molar-refractivity contribution in [2.75, 3.05) is 5.32 Å². The maximum Gasteiger partial charge on any atom is 0.147 e. The molecule has 74 valence electrons. The Kier molecular flexibility index (Phi) is 3.73. The zero-order valence-corrected chi connectivity index (χ0v) is 8.48. The second-order valence-electron chi connectivity index (χ2n) is 2.83. The van der Waals surface area contributed by atoms with Gasteiger partial charge in [0.1, 0.15) is 11.9 Å². The van der Waals surface area contributed by atoms with Crippen molar-refractivity contribution >= 4 is 17.3 Å². The van der Waals surface area contributed by atoms with Gasteiger partial charge in [-0.05, 0) is 18.6 Å². The van der Waals surface area contributed by atoms with Crippen LogP contribution in [0.2, 0.25) is 5.02 Å². The molecule has 0 saturated carbocycles. The molecule has 2 nitrogen and oxygen atoms in total. The Morgan fingerprint density at radius 1 is 1.64 bits per heavy atom. The summed E-state index contributed by atoms with van der Waals surface area (Å²) in [6.07, 6.45) is 0.598. The van der Waals surface area contributed by atoms with Gasteiger partial charge in [-0.3, -0.25) is 0 Å². The number of rotatable bonds is 3. The van der Waals surface area contributed by atoms with Crippen molar-refractivity contribution in [1.29, 1.82) is 5.26 Å². The molecule has 0 fully saturated rings. The minimum Gasteiger partial charge on any atom is -0.366 e. The van der Waals surface area contributed by atoms with E-state index in [-0.39, 0.29) is 5.69 Å². The summed E-state index contributed by atoms with van der Waals surface area (Å²) in [5, 5.41) is 11.7. The Morgan fingerprint density at radius 3 is 2.86 bits per heavy atom. The largest absolute Gasteiger partial charge is 0.366 e. The van der Waals surface area contributed by atoms with Crippen LogP contribution in [0.4, 0.5) is 10.1 Å². The van der Waals surface area contributed by atoms with Crippen LogP contribution >= 0.6 is 11.6 Å². The fraction of sp³-hybridized carbons (Fsp3) is 0.300. The third kappa shape index (κ3) is 2.36. The highest BCUT2D eigenvalue weighted by atomic mass is 35.5. The molecule has 0 amide bonds.